The second-order valence-electron chi connectivity index (χ2n) is 8.03. The van der Waals surface area contributed by atoms with E-state index in [1.807, 2.05) is 55.5 Å². The fourth-order valence-corrected chi connectivity index (χ4v) is 4.30. The van der Waals surface area contributed by atoms with Gasteiger partial charge in [-0.2, -0.15) is 0 Å². The number of pyridine rings is 1. The Bertz CT molecular complexity index is 1240. The Balaban J connectivity index is 1.62. The number of ether oxygens (including phenoxy) is 1. The predicted molar refractivity (Wildman–Crippen MR) is 116 cm³/mol. The Morgan fingerprint density at radius 3 is 2.74 bits per heavy atom. The lowest BCUT2D eigenvalue weighted by Crippen LogP contribution is -3.14. The molecular weight excluding hydrogens is 392 g/mol. The fourth-order valence-electron chi connectivity index (χ4n) is 4.30. The van der Waals surface area contributed by atoms with Crippen molar-refractivity contribution >= 4 is 10.9 Å². The molecule has 1 aliphatic rings. The van der Waals surface area contributed by atoms with E-state index in [2.05, 4.69) is 26.6 Å². The monoisotopic (exact) mass is 417 g/mol. The number of hydrogen-bond donors (Lipinski definition) is 2. The Kier molecular flexibility index (Phi) is 5.31. The summed E-state index contributed by atoms with van der Waals surface area (Å²) in [7, 11) is 0. The number of aromatic nitrogens is 5. The van der Waals surface area contributed by atoms with E-state index in [0.717, 1.165) is 35.1 Å². The van der Waals surface area contributed by atoms with E-state index in [1.54, 1.807) is 4.68 Å². The first kappa shape index (κ1) is 19.6. The number of tetrazole rings is 1. The molecule has 0 saturated carbocycles. The summed E-state index contributed by atoms with van der Waals surface area (Å²) in [5.41, 5.74) is 3.63. The van der Waals surface area contributed by atoms with Crippen LogP contribution >= 0.6 is 0 Å². The zero-order valence-corrected chi connectivity index (χ0v) is 17.4. The predicted octanol–water partition coefficient (Wildman–Crippen LogP) is 0.876. The number of nitrogens with one attached hydrogen (secondary N) is 2. The summed E-state index contributed by atoms with van der Waals surface area (Å²) in [6.07, 6.45) is 0. The van der Waals surface area contributed by atoms with Crippen molar-refractivity contribution in [1.82, 2.24) is 25.2 Å². The number of fused-ring (bicyclic) bond motifs is 1. The van der Waals surface area contributed by atoms with Gasteiger partial charge in [-0.3, -0.25) is 4.79 Å². The standard InChI is InChI=1S/C23H24N6O2/c1-16-7-8-18-14-19(23(30)24-20(18)13-16)21(28-9-11-31-12-10-28)22-25-26-27-29(22)15-17-5-3-2-4-6-17/h2-8,13-14,21H,9-12,15H2,1H3,(H,24,30)/p+1/t21-/m1/s1. The smallest absolute Gasteiger partial charge is 0.258 e. The van der Waals surface area contributed by atoms with Gasteiger partial charge in [-0.05, 0) is 46.0 Å². The Morgan fingerprint density at radius 2 is 1.94 bits per heavy atom. The van der Waals surface area contributed by atoms with E-state index in [-0.39, 0.29) is 11.6 Å². The lowest BCUT2D eigenvalue weighted by molar-refractivity contribution is -0.933. The molecule has 4 aromatic rings. The third-order valence-corrected chi connectivity index (χ3v) is 5.88. The van der Waals surface area contributed by atoms with Crippen LogP contribution in [0.5, 0.6) is 0 Å². The molecule has 2 aromatic heterocycles. The number of hydrogen-bond acceptors (Lipinski definition) is 5. The molecule has 5 rings (SSSR count). The molecule has 0 amide bonds. The first-order valence-electron chi connectivity index (χ1n) is 10.5. The van der Waals surface area contributed by atoms with Crippen LogP contribution in [0.4, 0.5) is 0 Å². The van der Waals surface area contributed by atoms with Gasteiger partial charge in [0.25, 0.3) is 5.56 Å². The van der Waals surface area contributed by atoms with Crippen molar-refractivity contribution in [2.45, 2.75) is 19.5 Å². The molecule has 0 unspecified atom stereocenters. The van der Waals surface area contributed by atoms with Crippen LogP contribution in [0.1, 0.15) is 28.6 Å². The van der Waals surface area contributed by atoms with Gasteiger partial charge in [-0.1, -0.05) is 42.5 Å². The summed E-state index contributed by atoms with van der Waals surface area (Å²) in [6.45, 7) is 5.44. The zero-order valence-electron chi connectivity index (χ0n) is 17.4. The van der Waals surface area contributed by atoms with Crippen LogP contribution in [-0.4, -0.2) is 51.5 Å². The number of nitrogens with zero attached hydrogens (tertiary/aromatic N) is 4. The number of aryl methyl sites for hydroxylation is 1. The summed E-state index contributed by atoms with van der Waals surface area (Å²) in [5, 5.41) is 13.6. The lowest BCUT2D eigenvalue weighted by atomic mass is 10.0. The quantitative estimate of drug-likeness (QED) is 0.503. The van der Waals surface area contributed by atoms with E-state index in [1.165, 1.54) is 4.90 Å². The van der Waals surface area contributed by atoms with E-state index in [4.69, 9.17) is 4.74 Å². The van der Waals surface area contributed by atoms with E-state index >= 15 is 0 Å². The Morgan fingerprint density at radius 1 is 1.13 bits per heavy atom. The number of quaternary nitrogens is 1. The Hall–Kier alpha value is -3.36. The molecule has 2 N–H and O–H groups in total. The van der Waals surface area contributed by atoms with Gasteiger partial charge in [-0.15, -0.1) is 5.10 Å². The molecule has 0 spiro atoms. The second-order valence-corrected chi connectivity index (χ2v) is 8.03. The summed E-state index contributed by atoms with van der Waals surface area (Å²) >= 11 is 0. The first-order valence-corrected chi connectivity index (χ1v) is 10.5. The molecule has 0 radical (unpaired) electrons. The molecule has 2 aromatic carbocycles. The molecule has 1 saturated heterocycles. The highest BCUT2D eigenvalue weighted by Crippen LogP contribution is 2.20. The van der Waals surface area contributed by atoms with Gasteiger partial charge in [-0.25, -0.2) is 4.68 Å². The minimum Gasteiger partial charge on any atom is -0.370 e. The van der Waals surface area contributed by atoms with Gasteiger partial charge in [0, 0.05) is 5.52 Å². The third kappa shape index (κ3) is 3.99. The van der Waals surface area contributed by atoms with Gasteiger partial charge >= 0.3 is 0 Å². The maximum Gasteiger partial charge on any atom is 0.258 e. The van der Waals surface area contributed by atoms with Crippen molar-refractivity contribution in [2.24, 2.45) is 0 Å². The summed E-state index contributed by atoms with van der Waals surface area (Å²) in [5.74, 6) is 0.692. The normalized spacial score (nSPS) is 15.9. The largest absolute Gasteiger partial charge is 0.370 e. The number of benzene rings is 2. The van der Waals surface area contributed by atoms with Crippen molar-refractivity contribution in [3.05, 3.63) is 87.5 Å². The highest BCUT2D eigenvalue weighted by atomic mass is 16.5. The maximum atomic E-state index is 13.2. The topological polar surface area (TPSA) is 90.1 Å². The molecule has 1 atom stereocenters. The van der Waals surface area contributed by atoms with Crippen molar-refractivity contribution in [3.63, 3.8) is 0 Å². The van der Waals surface area contributed by atoms with Gasteiger partial charge in [0.2, 0.25) is 5.82 Å². The molecule has 158 valence electrons. The minimum atomic E-state index is -0.280. The van der Waals surface area contributed by atoms with Crippen molar-refractivity contribution in [1.29, 1.82) is 0 Å². The average Bonchev–Trinajstić information content (AvgIpc) is 3.23. The van der Waals surface area contributed by atoms with Crippen LogP contribution in [0.2, 0.25) is 0 Å². The number of H-pyrrole nitrogens is 1. The molecule has 1 aliphatic heterocycles. The molecule has 0 bridgehead atoms. The summed E-state index contributed by atoms with van der Waals surface area (Å²) in [4.78, 5) is 17.5. The first-order chi connectivity index (χ1) is 15.2. The van der Waals surface area contributed by atoms with Crippen LogP contribution in [0.3, 0.4) is 0 Å². The van der Waals surface area contributed by atoms with Gasteiger partial charge in [0.15, 0.2) is 6.04 Å². The highest BCUT2D eigenvalue weighted by Gasteiger charge is 2.35. The second kappa shape index (κ2) is 8.41. The van der Waals surface area contributed by atoms with Crippen LogP contribution in [0.15, 0.2) is 59.4 Å². The fraction of sp³-hybridized carbons (Fsp3) is 0.304. The van der Waals surface area contributed by atoms with Crippen LogP contribution in [0.25, 0.3) is 10.9 Å². The molecule has 0 aliphatic carbocycles. The van der Waals surface area contributed by atoms with Crippen LogP contribution in [0, 0.1) is 6.92 Å². The van der Waals surface area contributed by atoms with E-state index < -0.39 is 0 Å². The average molecular weight is 417 g/mol. The van der Waals surface area contributed by atoms with Crippen molar-refractivity contribution < 1.29 is 9.64 Å². The molecular formula is C23H25N6O2+. The van der Waals surface area contributed by atoms with Crippen LogP contribution in [-0.2, 0) is 11.3 Å². The molecule has 8 heteroatoms. The molecule has 31 heavy (non-hydrogen) atoms. The number of rotatable bonds is 5. The van der Waals surface area contributed by atoms with Crippen molar-refractivity contribution in [2.75, 3.05) is 26.3 Å². The molecule has 3 heterocycles. The van der Waals surface area contributed by atoms with Crippen LogP contribution < -0.4 is 10.5 Å². The SMILES string of the molecule is Cc1ccc2cc([C@H](c3nnnn3Cc3ccccc3)[NH+]3CCOCC3)c(=O)[nH]c2c1. The van der Waals surface area contributed by atoms with Gasteiger partial charge in [0.05, 0.1) is 25.3 Å². The Labute approximate surface area is 179 Å². The zero-order chi connectivity index (χ0) is 21.2. The van der Waals surface area contributed by atoms with Crippen molar-refractivity contribution in [3.8, 4) is 0 Å². The van der Waals surface area contributed by atoms with E-state index in [0.29, 0.717) is 31.1 Å². The molecule has 8 nitrogen and oxygen atoms in total. The number of aromatic amines is 1. The third-order valence-electron chi connectivity index (χ3n) is 5.88. The lowest BCUT2D eigenvalue weighted by Gasteiger charge is -2.30. The van der Waals surface area contributed by atoms with Gasteiger partial charge < -0.3 is 14.6 Å². The number of morpholine rings is 1. The maximum absolute atomic E-state index is 13.2. The molecule has 1 fully saturated rings. The summed E-state index contributed by atoms with van der Waals surface area (Å²) in [6, 6.07) is 17.9. The van der Waals surface area contributed by atoms with E-state index in [9.17, 15) is 4.79 Å². The van der Waals surface area contributed by atoms with Gasteiger partial charge in [0.1, 0.15) is 13.1 Å². The minimum absolute atomic E-state index is 0.101. The highest BCUT2D eigenvalue weighted by molar-refractivity contribution is 5.79. The summed E-state index contributed by atoms with van der Waals surface area (Å²) < 4.78 is 7.38.